The summed E-state index contributed by atoms with van der Waals surface area (Å²) in [6.07, 6.45) is 5.76. The quantitative estimate of drug-likeness (QED) is 0.660. The maximum atomic E-state index is 11.3. The standard InChI is InChI=1S/C9H8N4O2/c14-4-2-1-3-13-6-12-7-8(13)10-5-11-9(7)15/h2-3,5-6,14H,4H2,(H,10,11,15). The molecule has 0 fully saturated rings. The van der Waals surface area contributed by atoms with E-state index in [0.717, 1.165) is 0 Å². The van der Waals surface area contributed by atoms with Crippen molar-refractivity contribution in [2.75, 3.05) is 6.61 Å². The molecule has 0 saturated carbocycles. The number of rotatable bonds is 2. The Balaban J connectivity index is 2.60. The van der Waals surface area contributed by atoms with Gasteiger partial charge in [0, 0.05) is 0 Å². The van der Waals surface area contributed by atoms with E-state index in [1.807, 2.05) is 0 Å². The van der Waals surface area contributed by atoms with Gasteiger partial charge in [-0.05, 0) is 6.08 Å². The first-order valence-electron chi connectivity index (χ1n) is 4.25. The number of aliphatic hydroxyl groups excluding tert-OH is 1. The van der Waals surface area contributed by atoms with Crippen molar-refractivity contribution in [2.24, 2.45) is 0 Å². The molecule has 6 nitrogen and oxygen atoms in total. The zero-order valence-corrected chi connectivity index (χ0v) is 7.71. The van der Waals surface area contributed by atoms with Gasteiger partial charge in [0.05, 0.1) is 19.1 Å². The smallest absolute Gasteiger partial charge is 0.278 e. The third kappa shape index (κ3) is 1.71. The van der Waals surface area contributed by atoms with Gasteiger partial charge in [-0.25, -0.2) is 9.97 Å². The van der Waals surface area contributed by atoms with Crippen LogP contribution >= 0.6 is 0 Å². The van der Waals surface area contributed by atoms with E-state index < -0.39 is 0 Å². The van der Waals surface area contributed by atoms with Gasteiger partial charge in [0.1, 0.15) is 6.33 Å². The molecule has 6 heteroatoms. The van der Waals surface area contributed by atoms with Crippen LogP contribution in [0.2, 0.25) is 0 Å². The molecule has 0 spiro atoms. The average Bonchev–Trinajstić information content (AvgIpc) is 2.64. The van der Waals surface area contributed by atoms with Gasteiger partial charge in [0.2, 0.25) is 0 Å². The van der Waals surface area contributed by atoms with Crippen LogP contribution in [0.15, 0.2) is 29.3 Å². The highest BCUT2D eigenvalue weighted by atomic mass is 16.2. The first-order valence-corrected chi connectivity index (χ1v) is 4.25. The lowest BCUT2D eigenvalue weighted by Gasteiger charge is -1.90. The number of aliphatic hydroxyl groups is 1. The van der Waals surface area contributed by atoms with Crippen molar-refractivity contribution < 1.29 is 5.11 Å². The highest BCUT2D eigenvalue weighted by Crippen LogP contribution is 2.03. The van der Waals surface area contributed by atoms with Gasteiger partial charge >= 0.3 is 0 Å². The number of nitrogens with one attached hydrogen (secondary N) is 1. The summed E-state index contributed by atoms with van der Waals surface area (Å²) in [5.74, 6) is 0. The number of hydrogen-bond donors (Lipinski definition) is 2. The minimum Gasteiger partial charge on any atom is -0.392 e. The third-order valence-corrected chi connectivity index (χ3v) is 1.79. The molecule has 2 rings (SSSR count). The molecule has 2 heterocycles. The number of imidazole rings is 1. The van der Waals surface area contributed by atoms with Crippen LogP contribution < -0.4 is 5.56 Å². The zero-order chi connectivity index (χ0) is 10.7. The molecule has 0 bridgehead atoms. The van der Waals surface area contributed by atoms with E-state index >= 15 is 0 Å². The SMILES string of the molecule is O=c1[nH]cnc2c1ncn2C=C=CCO. The van der Waals surface area contributed by atoms with Crippen molar-refractivity contribution in [3.63, 3.8) is 0 Å². The summed E-state index contributed by atoms with van der Waals surface area (Å²) in [5.41, 5.74) is 3.17. The molecule has 0 aliphatic rings. The Bertz CT molecular complexity index is 589. The second-order valence-electron chi connectivity index (χ2n) is 2.74. The maximum Gasteiger partial charge on any atom is 0.278 e. The predicted octanol–water partition coefficient (Wildman–Crippen LogP) is -0.262. The van der Waals surface area contributed by atoms with Gasteiger partial charge < -0.3 is 10.1 Å². The van der Waals surface area contributed by atoms with Gasteiger partial charge in [0.15, 0.2) is 11.2 Å². The zero-order valence-electron chi connectivity index (χ0n) is 7.71. The lowest BCUT2D eigenvalue weighted by Crippen LogP contribution is -2.06. The van der Waals surface area contributed by atoms with Crippen LogP contribution in [0.3, 0.4) is 0 Å². The van der Waals surface area contributed by atoms with Crippen molar-refractivity contribution >= 4 is 17.4 Å². The summed E-state index contributed by atoms with van der Waals surface area (Å²) in [4.78, 5) is 21.6. The summed E-state index contributed by atoms with van der Waals surface area (Å²) < 4.78 is 1.55. The summed E-state index contributed by atoms with van der Waals surface area (Å²) in [5, 5.41) is 8.52. The first kappa shape index (κ1) is 9.39. The van der Waals surface area contributed by atoms with E-state index in [9.17, 15) is 4.79 Å². The second-order valence-corrected chi connectivity index (χ2v) is 2.74. The highest BCUT2D eigenvalue weighted by Gasteiger charge is 2.03. The summed E-state index contributed by atoms with van der Waals surface area (Å²) in [6.45, 7) is -0.0862. The maximum absolute atomic E-state index is 11.3. The second kappa shape index (κ2) is 3.91. The molecule has 15 heavy (non-hydrogen) atoms. The van der Waals surface area contributed by atoms with Crippen LogP contribution in [0.4, 0.5) is 0 Å². The first-order chi connectivity index (χ1) is 7.33. The van der Waals surface area contributed by atoms with E-state index in [-0.39, 0.29) is 17.7 Å². The molecule has 0 unspecified atom stereocenters. The lowest BCUT2D eigenvalue weighted by molar-refractivity contribution is 0.343. The van der Waals surface area contributed by atoms with E-state index in [4.69, 9.17) is 5.11 Å². The molecule has 0 atom stereocenters. The monoisotopic (exact) mass is 204 g/mol. The fourth-order valence-corrected chi connectivity index (χ4v) is 1.14. The molecule has 0 aliphatic carbocycles. The minimum absolute atomic E-state index is 0.0862. The Morgan fingerprint density at radius 3 is 3.27 bits per heavy atom. The lowest BCUT2D eigenvalue weighted by atomic mass is 10.5. The number of aromatic amines is 1. The van der Waals surface area contributed by atoms with E-state index in [1.54, 1.807) is 4.57 Å². The highest BCUT2D eigenvalue weighted by molar-refractivity contribution is 5.71. The summed E-state index contributed by atoms with van der Waals surface area (Å²) >= 11 is 0. The van der Waals surface area contributed by atoms with Crippen LogP contribution in [0, 0.1) is 0 Å². The molecule has 2 N–H and O–H groups in total. The van der Waals surface area contributed by atoms with Crippen LogP contribution in [-0.4, -0.2) is 31.2 Å². The Hall–Kier alpha value is -2.17. The van der Waals surface area contributed by atoms with Gasteiger partial charge in [-0.2, -0.15) is 0 Å². The van der Waals surface area contributed by atoms with Crippen LogP contribution in [0.5, 0.6) is 0 Å². The molecule has 0 aliphatic heterocycles. The molecule has 76 valence electrons. The van der Waals surface area contributed by atoms with Crippen LogP contribution in [0.1, 0.15) is 0 Å². The average molecular weight is 204 g/mol. The molecule has 2 aromatic heterocycles. The van der Waals surface area contributed by atoms with Crippen molar-refractivity contribution in [1.29, 1.82) is 0 Å². The van der Waals surface area contributed by atoms with Crippen LogP contribution in [0.25, 0.3) is 17.4 Å². The predicted molar refractivity (Wildman–Crippen MR) is 54.1 cm³/mol. The number of fused-ring (bicyclic) bond motifs is 1. The minimum atomic E-state index is -0.279. The van der Waals surface area contributed by atoms with E-state index in [0.29, 0.717) is 5.65 Å². The molecule has 2 aromatic rings. The molecular formula is C9H8N4O2. The number of hydrogen-bond acceptors (Lipinski definition) is 4. The Morgan fingerprint density at radius 2 is 2.47 bits per heavy atom. The van der Waals surface area contributed by atoms with Gasteiger partial charge in [-0.1, -0.05) is 0 Å². The van der Waals surface area contributed by atoms with Crippen LogP contribution in [-0.2, 0) is 0 Å². The normalized spacial score (nSPS) is 9.93. The Kier molecular flexibility index (Phi) is 2.45. The van der Waals surface area contributed by atoms with E-state index in [2.05, 4.69) is 20.7 Å². The number of H-pyrrole nitrogens is 1. The number of nitrogens with zero attached hydrogens (tertiary/aromatic N) is 3. The van der Waals surface area contributed by atoms with Gasteiger partial charge in [0.25, 0.3) is 5.56 Å². The topological polar surface area (TPSA) is 83.8 Å². The van der Waals surface area contributed by atoms with Gasteiger partial charge in [-0.3, -0.25) is 9.36 Å². The Morgan fingerprint density at radius 1 is 1.60 bits per heavy atom. The van der Waals surface area contributed by atoms with E-state index in [1.165, 1.54) is 24.9 Å². The van der Waals surface area contributed by atoms with Crippen molar-refractivity contribution in [3.8, 4) is 0 Å². The molecular weight excluding hydrogens is 196 g/mol. The fourth-order valence-electron chi connectivity index (χ4n) is 1.14. The molecule has 0 radical (unpaired) electrons. The molecule has 0 aromatic carbocycles. The number of aromatic nitrogens is 4. The Labute approximate surface area is 84.2 Å². The summed E-state index contributed by atoms with van der Waals surface area (Å²) in [6, 6.07) is 0. The fraction of sp³-hybridized carbons (Fsp3) is 0.111. The van der Waals surface area contributed by atoms with Gasteiger partial charge in [-0.15, -0.1) is 5.73 Å². The van der Waals surface area contributed by atoms with Crippen molar-refractivity contribution in [1.82, 2.24) is 19.5 Å². The largest absolute Gasteiger partial charge is 0.392 e. The summed E-state index contributed by atoms with van der Waals surface area (Å²) in [7, 11) is 0. The third-order valence-electron chi connectivity index (χ3n) is 1.79. The molecule has 0 amide bonds. The van der Waals surface area contributed by atoms with Crippen molar-refractivity contribution in [3.05, 3.63) is 34.8 Å². The molecule has 0 saturated heterocycles. The van der Waals surface area contributed by atoms with Crippen molar-refractivity contribution in [2.45, 2.75) is 0 Å².